The Labute approximate surface area is 232 Å². The summed E-state index contributed by atoms with van der Waals surface area (Å²) in [5.41, 5.74) is -1.11. The van der Waals surface area contributed by atoms with Crippen molar-refractivity contribution in [2.45, 2.75) is 28.2 Å². The van der Waals surface area contributed by atoms with Crippen molar-refractivity contribution < 1.29 is 14.7 Å². The zero-order chi connectivity index (χ0) is 29.0. The predicted molar refractivity (Wildman–Crippen MR) is 154 cm³/mol. The van der Waals surface area contributed by atoms with E-state index >= 15 is 0 Å². The van der Waals surface area contributed by atoms with Crippen LogP contribution in [0.5, 0.6) is 0 Å². The van der Waals surface area contributed by atoms with Crippen molar-refractivity contribution in [1.29, 1.82) is 0 Å². The second-order valence-corrected chi connectivity index (χ2v) is 8.39. The molecule has 0 radical (unpaired) electrons. The van der Waals surface area contributed by atoms with Crippen molar-refractivity contribution in [2.24, 2.45) is 15.0 Å². The number of carbonyl (C=O) groups excluding carboxylic acids is 2. The van der Waals surface area contributed by atoms with Crippen LogP contribution in [-0.4, -0.2) is 36.8 Å². The minimum atomic E-state index is -1.01. The summed E-state index contributed by atoms with van der Waals surface area (Å²) in [4.78, 5) is 75.1. The summed E-state index contributed by atoms with van der Waals surface area (Å²) in [6.45, 7) is 4.72. The van der Waals surface area contributed by atoms with Gasteiger partial charge in [0.1, 0.15) is 6.26 Å². The van der Waals surface area contributed by atoms with Crippen molar-refractivity contribution in [3.8, 4) is 17.1 Å². The Balaban J connectivity index is 0.00000462. The van der Waals surface area contributed by atoms with Gasteiger partial charge in [0, 0.05) is 5.87 Å². The van der Waals surface area contributed by atoms with Crippen LogP contribution in [0, 0.1) is 20.8 Å². The summed E-state index contributed by atoms with van der Waals surface area (Å²) in [6.07, 6.45) is 3.50. The van der Waals surface area contributed by atoms with E-state index in [-0.39, 0.29) is 35.9 Å². The van der Waals surface area contributed by atoms with E-state index in [1.165, 1.54) is 54.6 Å². The summed E-state index contributed by atoms with van der Waals surface area (Å²) in [7, 11) is 0. The third kappa shape index (κ3) is 5.21. The standard InChI is InChI=1S/C28H20N6O6.CH4/c1-17-20(29-13-14-35)7-4-10-23(17)32-26(38)33(24-11-5-8-21(18(24)2)30-15-36)28(40)34(27(32)39)25-12-6-9-22(19(25)3)31-16-37;/h4-12,14,35H,1-3H3;1H4. The number of hydrogen-bond acceptors (Lipinski definition) is 9. The Hall–Kier alpha value is -5.92. The molecule has 1 heterocycles. The van der Waals surface area contributed by atoms with Gasteiger partial charge in [-0.15, -0.1) is 0 Å². The molecule has 1 N–H and O–H groups in total. The number of rotatable bonds is 6. The Morgan fingerprint density at radius 1 is 0.610 bits per heavy atom. The molecule has 0 spiro atoms. The first kappa shape index (κ1) is 29.6. The maximum atomic E-state index is 14.0. The maximum absolute atomic E-state index is 14.0. The largest absolute Gasteiger partial charge is 0.506 e. The Bertz CT molecular complexity index is 1910. The van der Waals surface area contributed by atoms with E-state index in [1.54, 1.807) is 32.9 Å². The molecule has 0 fully saturated rings. The Morgan fingerprint density at radius 3 is 1.22 bits per heavy atom. The molecule has 12 heteroatoms. The third-order valence-corrected chi connectivity index (χ3v) is 6.28. The normalized spacial score (nSPS) is 9.93. The first-order chi connectivity index (χ1) is 19.3. The fourth-order valence-electron chi connectivity index (χ4n) is 4.29. The second kappa shape index (κ2) is 12.3. The molecule has 4 aromatic rings. The van der Waals surface area contributed by atoms with Gasteiger partial charge in [-0.1, -0.05) is 25.6 Å². The summed E-state index contributed by atoms with van der Waals surface area (Å²) in [5.74, 6) is 2.29. The molecule has 41 heavy (non-hydrogen) atoms. The summed E-state index contributed by atoms with van der Waals surface area (Å²) in [6, 6.07) is 13.6. The quantitative estimate of drug-likeness (QED) is 0.216. The maximum Gasteiger partial charge on any atom is 0.345 e. The van der Waals surface area contributed by atoms with Crippen LogP contribution in [-0.2, 0) is 9.59 Å². The molecule has 0 aliphatic heterocycles. The van der Waals surface area contributed by atoms with Gasteiger partial charge in [-0.05, 0) is 73.9 Å². The second-order valence-electron chi connectivity index (χ2n) is 8.39. The minimum absolute atomic E-state index is 0. The molecule has 0 bridgehead atoms. The molecule has 4 rings (SSSR count). The molecule has 12 nitrogen and oxygen atoms in total. The van der Waals surface area contributed by atoms with Gasteiger partial charge in [-0.2, -0.15) is 9.98 Å². The number of nitrogens with zero attached hydrogens (tertiary/aromatic N) is 6. The molecule has 0 saturated heterocycles. The fourth-order valence-corrected chi connectivity index (χ4v) is 4.29. The van der Waals surface area contributed by atoms with Crippen molar-refractivity contribution in [2.75, 3.05) is 0 Å². The van der Waals surface area contributed by atoms with E-state index in [4.69, 9.17) is 5.11 Å². The van der Waals surface area contributed by atoms with Crippen LogP contribution < -0.4 is 17.1 Å². The predicted octanol–water partition coefficient (Wildman–Crippen LogP) is 4.01. The molecule has 0 aliphatic rings. The monoisotopic (exact) mass is 552 g/mol. The number of benzene rings is 3. The first-order valence-electron chi connectivity index (χ1n) is 11.7. The Kier molecular flexibility index (Phi) is 8.88. The molecule has 0 atom stereocenters. The molecule has 0 aliphatic carbocycles. The smallest absolute Gasteiger partial charge is 0.345 e. The Morgan fingerprint density at radius 2 is 0.927 bits per heavy atom. The van der Waals surface area contributed by atoms with Gasteiger partial charge in [0.2, 0.25) is 12.2 Å². The lowest BCUT2D eigenvalue weighted by Gasteiger charge is -2.18. The SMILES string of the molecule is C.Cc1c(N=C=O)cccc1-n1c(=O)n(-c2cccc(N=C=O)c2C)c(=O)n(-c2cccc(N=C=CO)c2C)c1=O. The van der Waals surface area contributed by atoms with Crippen LogP contribution in [0.3, 0.4) is 0 Å². The van der Waals surface area contributed by atoms with Crippen LogP contribution in [0.25, 0.3) is 17.1 Å². The number of aliphatic hydroxyl groups is 1. The van der Waals surface area contributed by atoms with Gasteiger partial charge in [0.15, 0.2) is 0 Å². The summed E-state index contributed by atoms with van der Waals surface area (Å²) >= 11 is 0. The number of hydrogen-bond donors (Lipinski definition) is 1. The zero-order valence-electron chi connectivity index (χ0n) is 21.4. The van der Waals surface area contributed by atoms with Crippen LogP contribution in [0.4, 0.5) is 17.1 Å². The lowest BCUT2D eigenvalue weighted by Crippen LogP contribution is -2.53. The number of aliphatic hydroxyl groups excluding tert-OH is 1. The molecule has 3 aromatic carbocycles. The molecule has 0 saturated carbocycles. The van der Waals surface area contributed by atoms with Gasteiger partial charge in [0.25, 0.3) is 0 Å². The number of isocyanates is 2. The zero-order valence-corrected chi connectivity index (χ0v) is 21.4. The van der Waals surface area contributed by atoms with Crippen LogP contribution in [0.2, 0.25) is 0 Å². The lowest BCUT2D eigenvalue weighted by molar-refractivity contribution is 0.481. The average molecular weight is 553 g/mol. The highest BCUT2D eigenvalue weighted by Gasteiger charge is 2.23. The summed E-state index contributed by atoms with van der Waals surface area (Å²) < 4.78 is 2.39. The highest BCUT2D eigenvalue weighted by atomic mass is 16.2. The topological polar surface area (TPSA) is 157 Å². The summed E-state index contributed by atoms with van der Waals surface area (Å²) in [5, 5.41) is 8.98. The molecule has 0 amide bonds. The van der Waals surface area contributed by atoms with Gasteiger partial charge in [-0.3, -0.25) is 0 Å². The van der Waals surface area contributed by atoms with Crippen molar-refractivity contribution in [3.05, 3.63) is 109 Å². The van der Waals surface area contributed by atoms with Gasteiger partial charge < -0.3 is 5.11 Å². The van der Waals surface area contributed by atoms with E-state index in [2.05, 4.69) is 20.8 Å². The number of aliphatic imine (C=N–C) groups is 3. The minimum Gasteiger partial charge on any atom is -0.506 e. The van der Waals surface area contributed by atoms with E-state index in [0.29, 0.717) is 28.6 Å². The van der Waals surface area contributed by atoms with Crippen LogP contribution >= 0.6 is 0 Å². The highest BCUT2D eigenvalue weighted by Crippen LogP contribution is 2.26. The molecular formula is C29H24N6O6. The van der Waals surface area contributed by atoms with Crippen molar-refractivity contribution in [3.63, 3.8) is 0 Å². The van der Waals surface area contributed by atoms with Crippen molar-refractivity contribution >= 4 is 35.1 Å². The van der Waals surface area contributed by atoms with E-state index < -0.39 is 17.1 Å². The number of aromatic nitrogens is 3. The van der Waals surface area contributed by atoms with E-state index in [0.717, 1.165) is 13.7 Å². The van der Waals surface area contributed by atoms with Crippen molar-refractivity contribution in [1.82, 2.24) is 13.7 Å². The van der Waals surface area contributed by atoms with Gasteiger partial charge in [0.05, 0.1) is 34.1 Å². The first-order valence-corrected chi connectivity index (χ1v) is 11.7. The average Bonchev–Trinajstić information content (AvgIpc) is 2.93. The van der Waals surface area contributed by atoms with E-state index in [1.807, 2.05) is 0 Å². The fraction of sp³-hybridized carbons (Fsp3) is 0.138. The highest BCUT2D eigenvalue weighted by molar-refractivity contribution is 5.64. The third-order valence-electron chi connectivity index (χ3n) is 6.28. The molecular weight excluding hydrogens is 528 g/mol. The molecule has 206 valence electrons. The van der Waals surface area contributed by atoms with E-state index in [9.17, 15) is 24.0 Å². The van der Waals surface area contributed by atoms with Gasteiger partial charge in [-0.25, -0.2) is 42.7 Å². The lowest BCUT2D eigenvalue weighted by atomic mass is 10.1. The van der Waals surface area contributed by atoms with Crippen LogP contribution in [0.1, 0.15) is 24.1 Å². The molecule has 1 aromatic heterocycles. The molecule has 0 unspecified atom stereocenters. The van der Waals surface area contributed by atoms with Gasteiger partial charge >= 0.3 is 17.1 Å². The van der Waals surface area contributed by atoms with Crippen LogP contribution in [0.15, 0.2) is 90.2 Å².